The third-order valence-electron chi connectivity index (χ3n) is 6.91. The summed E-state index contributed by atoms with van der Waals surface area (Å²) in [6, 6.07) is 14.2. The van der Waals surface area contributed by atoms with Crippen molar-refractivity contribution in [2.45, 2.75) is 38.9 Å². The largest absolute Gasteiger partial charge is 0.467 e. The molecule has 36 heavy (non-hydrogen) atoms. The zero-order chi connectivity index (χ0) is 24.6. The van der Waals surface area contributed by atoms with Crippen LogP contribution in [0.25, 0.3) is 21.3 Å². The number of nitrogens with one attached hydrogen (secondary N) is 2. The normalized spacial score (nSPS) is 15.2. The molecular weight excluding hydrogens is 476 g/mol. The number of para-hydroxylation sites is 2. The van der Waals surface area contributed by atoms with Crippen LogP contribution < -0.4 is 16.6 Å². The monoisotopic (exact) mass is 504 g/mol. The molecule has 0 spiro atoms. The van der Waals surface area contributed by atoms with E-state index in [1.165, 1.54) is 15.9 Å². The van der Waals surface area contributed by atoms with E-state index in [1.807, 2.05) is 43.3 Å². The first-order valence-corrected chi connectivity index (χ1v) is 13.1. The summed E-state index contributed by atoms with van der Waals surface area (Å²) in [5.41, 5.74) is 1.49. The summed E-state index contributed by atoms with van der Waals surface area (Å²) in [6.07, 6.45) is 3.61. The standard InChI is InChI=1S/C26H28N6O3S/c1-17-15-20-23(36-17)29-26(34)31(24(20)33)13-12-30-10-8-18(9-11-30)27-25-28-21-6-2-3-7-22(21)32(25)16-19-5-4-14-35-19/h2-7,14-15,18H,8-13,16H2,1H3,(H,27,28)(H,29,34). The lowest BCUT2D eigenvalue weighted by Crippen LogP contribution is -2.43. The van der Waals surface area contributed by atoms with Crippen molar-refractivity contribution in [1.82, 2.24) is 24.0 Å². The Labute approximate surface area is 211 Å². The van der Waals surface area contributed by atoms with Crippen LogP contribution in [0.3, 0.4) is 0 Å². The summed E-state index contributed by atoms with van der Waals surface area (Å²) in [6.45, 7) is 5.39. The number of aryl methyl sites for hydroxylation is 1. The lowest BCUT2D eigenvalue weighted by molar-refractivity contribution is 0.209. The minimum Gasteiger partial charge on any atom is -0.467 e. The molecule has 1 fully saturated rings. The second-order valence-electron chi connectivity index (χ2n) is 9.34. The van der Waals surface area contributed by atoms with Crippen molar-refractivity contribution >= 4 is 38.5 Å². The molecule has 9 nitrogen and oxygen atoms in total. The van der Waals surface area contributed by atoms with E-state index in [1.54, 1.807) is 6.26 Å². The fourth-order valence-electron chi connectivity index (χ4n) is 5.00. The average molecular weight is 505 g/mol. The Bertz CT molecular complexity index is 1620. The molecule has 6 rings (SSSR count). The molecule has 0 aliphatic carbocycles. The Morgan fingerprint density at radius 3 is 2.75 bits per heavy atom. The van der Waals surface area contributed by atoms with Gasteiger partial charge in [-0.05, 0) is 50.1 Å². The van der Waals surface area contributed by atoms with Crippen molar-refractivity contribution in [3.8, 4) is 0 Å². The summed E-state index contributed by atoms with van der Waals surface area (Å²) in [5.74, 6) is 1.74. The molecule has 0 bridgehead atoms. The van der Waals surface area contributed by atoms with Gasteiger partial charge in [-0.25, -0.2) is 9.78 Å². The summed E-state index contributed by atoms with van der Waals surface area (Å²) in [7, 11) is 0. The van der Waals surface area contributed by atoms with Crippen LogP contribution in [-0.2, 0) is 13.1 Å². The van der Waals surface area contributed by atoms with Crippen molar-refractivity contribution in [2.24, 2.45) is 0 Å². The number of imidazole rings is 1. The van der Waals surface area contributed by atoms with Gasteiger partial charge in [0, 0.05) is 37.1 Å². The van der Waals surface area contributed by atoms with E-state index in [0.717, 1.165) is 53.6 Å². The maximum atomic E-state index is 12.8. The molecule has 10 heteroatoms. The number of fused-ring (bicyclic) bond motifs is 2. The summed E-state index contributed by atoms with van der Waals surface area (Å²) in [4.78, 5) is 37.0. The Kier molecular flexibility index (Phi) is 5.98. The molecule has 0 amide bonds. The number of aromatic amines is 1. The zero-order valence-electron chi connectivity index (χ0n) is 20.1. The summed E-state index contributed by atoms with van der Waals surface area (Å²) < 4.78 is 9.09. The molecule has 5 aromatic rings. The van der Waals surface area contributed by atoms with Crippen LogP contribution in [0.2, 0.25) is 0 Å². The van der Waals surface area contributed by atoms with Gasteiger partial charge in [-0.1, -0.05) is 12.1 Å². The van der Waals surface area contributed by atoms with Gasteiger partial charge in [-0.3, -0.25) is 14.3 Å². The number of likely N-dealkylation sites (tertiary alicyclic amines) is 1. The van der Waals surface area contributed by atoms with E-state index in [0.29, 0.717) is 35.9 Å². The lowest BCUT2D eigenvalue weighted by atomic mass is 10.1. The molecule has 0 saturated carbocycles. The topological polar surface area (TPSA) is 101 Å². The van der Waals surface area contributed by atoms with Gasteiger partial charge < -0.3 is 19.2 Å². The number of H-pyrrole nitrogens is 1. The van der Waals surface area contributed by atoms with E-state index in [9.17, 15) is 9.59 Å². The second kappa shape index (κ2) is 9.44. The number of furan rings is 1. The molecule has 1 aromatic carbocycles. The lowest BCUT2D eigenvalue weighted by Gasteiger charge is -2.32. The zero-order valence-corrected chi connectivity index (χ0v) is 20.9. The number of aromatic nitrogens is 4. The van der Waals surface area contributed by atoms with Crippen molar-refractivity contribution in [2.75, 3.05) is 25.0 Å². The Morgan fingerprint density at radius 2 is 1.94 bits per heavy atom. The summed E-state index contributed by atoms with van der Waals surface area (Å²) >= 11 is 1.44. The van der Waals surface area contributed by atoms with Crippen LogP contribution in [0.4, 0.5) is 5.95 Å². The van der Waals surface area contributed by atoms with Crippen LogP contribution in [0.1, 0.15) is 23.5 Å². The van der Waals surface area contributed by atoms with Crippen LogP contribution in [0, 0.1) is 6.92 Å². The third-order valence-corrected chi connectivity index (χ3v) is 7.87. The average Bonchev–Trinajstić information content (AvgIpc) is 3.60. The van der Waals surface area contributed by atoms with Crippen molar-refractivity contribution in [3.05, 3.63) is 80.2 Å². The van der Waals surface area contributed by atoms with E-state index in [2.05, 4.69) is 25.8 Å². The second-order valence-corrected chi connectivity index (χ2v) is 10.6. The van der Waals surface area contributed by atoms with E-state index in [-0.39, 0.29) is 11.2 Å². The highest BCUT2D eigenvalue weighted by Gasteiger charge is 2.22. The van der Waals surface area contributed by atoms with Gasteiger partial charge >= 0.3 is 5.69 Å². The molecule has 0 atom stereocenters. The predicted octanol–water partition coefficient (Wildman–Crippen LogP) is 3.63. The highest BCUT2D eigenvalue weighted by atomic mass is 32.1. The number of thiophene rings is 1. The number of benzene rings is 1. The smallest absolute Gasteiger partial charge is 0.329 e. The highest BCUT2D eigenvalue weighted by molar-refractivity contribution is 7.18. The minimum atomic E-state index is -0.332. The number of rotatable bonds is 7. The van der Waals surface area contributed by atoms with Gasteiger partial charge in [-0.15, -0.1) is 11.3 Å². The van der Waals surface area contributed by atoms with Gasteiger partial charge in [0.1, 0.15) is 10.6 Å². The molecule has 1 aliphatic heterocycles. The summed E-state index contributed by atoms with van der Waals surface area (Å²) in [5, 5.41) is 4.26. The molecular formula is C26H28N6O3S. The molecule has 1 aliphatic rings. The van der Waals surface area contributed by atoms with E-state index in [4.69, 9.17) is 9.40 Å². The van der Waals surface area contributed by atoms with Gasteiger partial charge in [-0.2, -0.15) is 0 Å². The van der Waals surface area contributed by atoms with Gasteiger partial charge in [0.05, 0.1) is 29.2 Å². The van der Waals surface area contributed by atoms with Crippen molar-refractivity contribution in [3.63, 3.8) is 0 Å². The molecule has 186 valence electrons. The Balaban J connectivity index is 1.11. The van der Waals surface area contributed by atoms with Crippen LogP contribution in [0.5, 0.6) is 0 Å². The fourth-order valence-corrected chi connectivity index (χ4v) is 5.89. The van der Waals surface area contributed by atoms with Gasteiger partial charge in [0.25, 0.3) is 5.56 Å². The predicted molar refractivity (Wildman–Crippen MR) is 142 cm³/mol. The van der Waals surface area contributed by atoms with Crippen molar-refractivity contribution in [1.29, 1.82) is 0 Å². The van der Waals surface area contributed by atoms with E-state index < -0.39 is 0 Å². The Hall–Kier alpha value is -3.63. The molecule has 0 unspecified atom stereocenters. The number of hydrogen-bond donors (Lipinski definition) is 2. The number of hydrogen-bond acceptors (Lipinski definition) is 7. The quantitative estimate of drug-likeness (QED) is 0.351. The molecule has 5 heterocycles. The number of nitrogens with zero attached hydrogens (tertiary/aromatic N) is 4. The van der Waals surface area contributed by atoms with Gasteiger partial charge in [0.15, 0.2) is 0 Å². The van der Waals surface area contributed by atoms with Crippen LogP contribution in [0.15, 0.2) is 62.7 Å². The minimum absolute atomic E-state index is 0.204. The SMILES string of the molecule is Cc1cc2c(=O)n(CCN3CCC(Nc4nc5ccccc5n4Cc4ccco4)CC3)c(=O)[nH]c2s1. The first-order valence-electron chi connectivity index (χ1n) is 12.2. The number of anilines is 1. The number of piperidine rings is 1. The van der Waals surface area contributed by atoms with Crippen molar-refractivity contribution < 1.29 is 4.42 Å². The molecule has 4 aromatic heterocycles. The fraction of sp³-hybridized carbons (Fsp3) is 0.346. The molecule has 2 N–H and O–H groups in total. The van der Waals surface area contributed by atoms with E-state index >= 15 is 0 Å². The third kappa shape index (κ3) is 4.38. The molecule has 0 radical (unpaired) electrons. The molecule has 1 saturated heterocycles. The van der Waals surface area contributed by atoms with Crippen LogP contribution >= 0.6 is 11.3 Å². The maximum absolute atomic E-state index is 12.8. The first-order chi connectivity index (χ1) is 17.5. The highest BCUT2D eigenvalue weighted by Crippen LogP contribution is 2.24. The first kappa shape index (κ1) is 22.8. The van der Waals surface area contributed by atoms with Gasteiger partial charge in [0.2, 0.25) is 5.95 Å². The Morgan fingerprint density at radius 1 is 1.11 bits per heavy atom. The van der Waals surface area contributed by atoms with Crippen LogP contribution in [-0.4, -0.2) is 49.7 Å². The maximum Gasteiger partial charge on any atom is 0.329 e.